The van der Waals surface area contributed by atoms with Crippen molar-refractivity contribution >= 4 is 28.5 Å². The van der Waals surface area contributed by atoms with Crippen LogP contribution in [0, 0.1) is 0 Å². The number of aromatic nitrogens is 4. The standard InChI is InChI=1S/C11H15ClN6/c1-17-3-2-4-18(6-5-17)10-8-7-13-16-9(8)14-11(12)15-10/h7H,2-6H2,1H3,(H,13,14,15,16). The lowest BCUT2D eigenvalue weighted by Crippen LogP contribution is -2.29. The zero-order valence-corrected chi connectivity index (χ0v) is 11.0. The zero-order chi connectivity index (χ0) is 12.5. The van der Waals surface area contributed by atoms with E-state index in [1.54, 1.807) is 6.20 Å². The van der Waals surface area contributed by atoms with Crippen molar-refractivity contribution in [3.63, 3.8) is 0 Å². The minimum atomic E-state index is 0.263. The SMILES string of the molecule is CN1CCCN(c2nc(Cl)nc3[nH]ncc23)CC1. The van der Waals surface area contributed by atoms with Crippen LogP contribution >= 0.6 is 11.6 Å². The number of H-pyrrole nitrogens is 1. The number of nitrogens with zero attached hydrogens (tertiary/aromatic N) is 5. The summed E-state index contributed by atoms with van der Waals surface area (Å²) >= 11 is 5.96. The number of anilines is 1. The van der Waals surface area contributed by atoms with E-state index >= 15 is 0 Å². The summed E-state index contributed by atoms with van der Waals surface area (Å²) in [5.74, 6) is 0.883. The fraction of sp³-hybridized carbons (Fsp3) is 0.545. The Morgan fingerprint density at radius 3 is 3.00 bits per heavy atom. The number of aromatic amines is 1. The maximum Gasteiger partial charge on any atom is 0.226 e. The zero-order valence-electron chi connectivity index (χ0n) is 10.2. The van der Waals surface area contributed by atoms with Crippen molar-refractivity contribution in [2.24, 2.45) is 0 Å². The fourth-order valence-corrected chi connectivity index (χ4v) is 2.46. The average molecular weight is 267 g/mol. The Morgan fingerprint density at radius 1 is 1.22 bits per heavy atom. The van der Waals surface area contributed by atoms with Gasteiger partial charge in [0.15, 0.2) is 5.65 Å². The number of hydrogen-bond donors (Lipinski definition) is 1. The van der Waals surface area contributed by atoms with Crippen LogP contribution in [0.5, 0.6) is 0 Å². The monoisotopic (exact) mass is 266 g/mol. The van der Waals surface area contributed by atoms with Gasteiger partial charge in [-0.25, -0.2) is 0 Å². The van der Waals surface area contributed by atoms with Crippen molar-refractivity contribution in [3.05, 3.63) is 11.5 Å². The molecule has 0 saturated carbocycles. The van der Waals surface area contributed by atoms with Crippen LogP contribution in [0.2, 0.25) is 5.28 Å². The van der Waals surface area contributed by atoms with E-state index in [0.29, 0.717) is 5.65 Å². The minimum absolute atomic E-state index is 0.263. The highest BCUT2D eigenvalue weighted by Gasteiger charge is 2.18. The van der Waals surface area contributed by atoms with Crippen molar-refractivity contribution < 1.29 is 0 Å². The molecule has 0 aliphatic carbocycles. The maximum absolute atomic E-state index is 5.96. The molecule has 1 aliphatic heterocycles. The van der Waals surface area contributed by atoms with Crippen LogP contribution in [-0.2, 0) is 0 Å². The Hall–Kier alpha value is -1.40. The predicted molar refractivity (Wildman–Crippen MR) is 71.0 cm³/mol. The molecule has 1 saturated heterocycles. The smallest absolute Gasteiger partial charge is 0.226 e. The van der Waals surface area contributed by atoms with E-state index < -0.39 is 0 Å². The Balaban J connectivity index is 1.99. The van der Waals surface area contributed by atoms with Crippen molar-refractivity contribution in [3.8, 4) is 0 Å². The molecule has 0 radical (unpaired) electrons. The third kappa shape index (κ3) is 2.13. The Bertz CT molecular complexity index is 553. The lowest BCUT2D eigenvalue weighted by molar-refractivity contribution is 0.360. The average Bonchev–Trinajstić information content (AvgIpc) is 2.70. The van der Waals surface area contributed by atoms with Crippen LogP contribution in [0.4, 0.5) is 5.82 Å². The lowest BCUT2D eigenvalue weighted by atomic mass is 10.3. The summed E-state index contributed by atoms with van der Waals surface area (Å²) in [6.07, 6.45) is 2.88. The number of fused-ring (bicyclic) bond motifs is 1. The first-order chi connectivity index (χ1) is 8.74. The van der Waals surface area contributed by atoms with Gasteiger partial charge in [0, 0.05) is 19.6 Å². The van der Waals surface area contributed by atoms with Gasteiger partial charge in [-0.05, 0) is 31.6 Å². The van der Waals surface area contributed by atoms with Gasteiger partial charge in [0.25, 0.3) is 0 Å². The summed E-state index contributed by atoms with van der Waals surface area (Å²) in [6, 6.07) is 0. The highest BCUT2D eigenvalue weighted by Crippen LogP contribution is 2.24. The Labute approximate surface area is 110 Å². The van der Waals surface area contributed by atoms with E-state index in [-0.39, 0.29) is 5.28 Å². The second-order valence-electron chi connectivity index (χ2n) is 4.59. The number of halogens is 1. The van der Waals surface area contributed by atoms with Gasteiger partial charge >= 0.3 is 0 Å². The van der Waals surface area contributed by atoms with Crippen LogP contribution in [0.1, 0.15) is 6.42 Å². The van der Waals surface area contributed by atoms with Gasteiger partial charge in [-0.2, -0.15) is 15.1 Å². The lowest BCUT2D eigenvalue weighted by Gasteiger charge is -2.22. The van der Waals surface area contributed by atoms with E-state index in [9.17, 15) is 0 Å². The van der Waals surface area contributed by atoms with Gasteiger partial charge in [-0.1, -0.05) is 0 Å². The number of nitrogens with one attached hydrogen (secondary N) is 1. The first-order valence-electron chi connectivity index (χ1n) is 6.04. The summed E-state index contributed by atoms with van der Waals surface area (Å²) in [4.78, 5) is 13.1. The minimum Gasteiger partial charge on any atom is -0.355 e. The van der Waals surface area contributed by atoms with Crippen LogP contribution in [-0.4, -0.2) is 58.3 Å². The molecule has 1 fully saturated rings. The Morgan fingerprint density at radius 2 is 2.11 bits per heavy atom. The molecule has 0 amide bonds. The number of likely N-dealkylation sites (N-methyl/N-ethyl adjacent to an activating group) is 1. The molecular weight excluding hydrogens is 252 g/mol. The van der Waals surface area contributed by atoms with Gasteiger partial charge in [0.05, 0.1) is 11.6 Å². The molecule has 1 aliphatic rings. The van der Waals surface area contributed by atoms with E-state index in [4.69, 9.17) is 11.6 Å². The molecule has 0 bridgehead atoms. The summed E-state index contributed by atoms with van der Waals surface area (Å²) < 4.78 is 0. The maximum atomic E-state index is 5.96. The van der Waals surface area contributed by atoms with Gasteiger partial charge in [-0.15, -0.1) is 0 Å². The van der Waals surface area contributed by atoms with Gasteiger partial charge in [0.1, 0.15) is 5.82 Å². The fourth-order valence-electron chi connectivity index (χ4n) is 2.29. The molecule has 0 spiro atoms. The van der Waals surface area contributed by atoms with Crippen molar-refractivity contribution in [2.75, 3.05) is 38.1 Å². The van der Waals surface area contributed by atoms with Crippen molar-refractivity contribution in [1.29, 1.82) is 0 Å². The summed E-state index contributed by atoms with van der Waals surface area (Å²) in [7, 11) is 2.14. The van der Waals surface area contributed by atoms with Gasteiger partial charge in [-0.3, -0.25) is 5.10 Å². The largest absolute Gasteiger partial charge is 0.355 e. The molecule has 2 aromatic heterocycles. The number of hydrogen-bond acceptors (Lipinski definition) is 5. The van der Waals surface area contributed by atoms with Crippen molar-refractivity contribution in [2.45, 2.75) is 6.42 Å². The topological polar surface area (TPSA) is 60.9 Å². The molecule has 0 atom stereocenters. The highest BCUT2D eigenvalue weighted by atomic mass is 35.5. The molecule has 18 heavy (non-hydrogen) atoms. The van der Waals surface area contributed by atoms with Gasteiger partial charge in [0.2, 0.25) is 5.28 Å². The molecule has 2 aromatic rings. The van der Waals surface area contributed by atoms with Crippen LogP contribution in [0.3, 0.4) is 0 Å². The molecule has 3 rings (SSSR count). The molecule has 1 N–H and O–H groups in total. The molecule has 0 aromatic carbocycles. The van der Waals surface area contributed by atoms with E-state index in [1.807, 2.05) is 0 Å². The second-order valence-corrected chi connectivity index (χ2v) is 4.93. The van der Waals surface area contributed by atoms with Crippen LogP contribution < -0.4 is 4.90 Å². The Kier molecular flexibility index (Phi) is 3.05. The van der Waals surface area contributed by atoms with E-state index in [0.717, 1.165) is 43.8 Å². The third-order valence-electron chi connectivity index (χ3n) is 3.28. The first-order valence-corrected chi connectivity index (χ1v) is 6.42. The van der Waals surface area contributed by atoms with E-state index in [1.165, 1.54) is 0 Å². The highest BCUT2D eigenvalue weighted by molar-refractivity contribution is 6.28. The second kappa shape index (κ2) is 4.70. The molecule has 6 nitrogen and oxygen atoms in total. The quantitative estimate of drug-likeness (QED) is 0.785. The van der Waals surface area contributed by atoms with E-state index in [2.05, 4.69) is 37.0 Å². The first kappa shape index (κ1) is 11.7. The molecular formula is C11H15ClN6. The normalized spacial score (nSPS) is 18.2. The molecule has 7 heteroatoms. The predicted octanol–water partition coefficient (Wildman–Crippen LogP) is 1.15. The van der Waals surface area contributed by atoms with Crippen molar-refractivity contribution in [1.82, 2.24) is 25.1 Å². The molecule has 0 unspecified atom stereocenters. The van der Waals surface area contributed by atoms with Gasteiger partial charge < -0.3 is 9.80 Å². The third-order valence-corrected chi connectivity index (χ3v) is 3.45. The van der Waals surface area contributed by atoms with Crippen LogP contribution in [0.25, 0.3) is 11.0 Å². The summed E-state index contributed by atoms with van der Waals surface area (Å²) in [6.45, 7) is 4.08. The van der Waals surface area contributed by atoms with Crippen LogP contribution in [0.15, 0.2) is 6.20 Å². The summed E-state index contributed by atoms with van der Waals surface area (Å²) in [5, 5.41) is 8.05. The molecule has 3 heterocycles. The number of rotatable bonds is 1. The molecule has 96 valence electrons. The summed E-state index contributed by atoms with van der Waals surface area (Å²) in [5.41, 5.74) is 0.697.